The average Bonchev–Trinajstić information content (AvgIpc) is 2.97. The van der Waals surface area contributed by atoms with Gasteiger partial charge in [-0.3, -0.25) is 0 Å². The van der Waals surface area contributed by atoms with E-state index in [9.17, 15) is 10.1 Å². The second-order valence-corrected chi connectivity index (χ2v) is 5.05. The lowest BCUT2D eigenvalue weighted by Gasteiger charge is -2.09. The van der Waals surface area contributed by atoms with Crippen molar-refractivity contribution in [1.82, 2.24) is 0 Å². The third kappa shape index (κ3) is 3.15. The summed E-state index contributed by atoms with van der Waals surface area (Å²) >= 11 is 1.17. The fourth-order valence-corrected chi connectivity index (χ4v) is 2.65. The van der Waals surface area contributed by atoms with Crippen LogP contribution in [-0.2, 0) is 4.74 Å². The van der Waals surface area contributed by atoms with Gasteiger partial charge in [-0.05, 0) is 25.1 Å². The lowest BCUT2D eigenvalue weighted by molar-refractivity contribution is 0.0526. The summed E-state index contributed by atoms with van der Waals surface area (Å²) in [6.45, 7) is 1.99. The minimum absolute atomic E-state index is 0.265. The first-order valence-corrected chi connectivity index (χ1v) is 7.01. The second-order valence-electron chi connectivity index (χ2n) is 3.99. The van der Waals surface area contributed by atoms with Crippen molar-refractivity contribution >= 4 is 28.3 Å². The van der Waals surface area contributed by atoms with E-state index in [4.69, 9.17) is 9.94 Å². The molecule has 0 fully saturated rings. The Bertz CT molecular complexity index is 699. The van der Waals surface area contributed by atoms with Crippen molar-refractivity contribution in [3.8, 4) is 6.07 Å². The van der Waals surface area contributed by atoms with E-state index in [0.29, 0.717) is 26.6 Å². The van der Waals surface area contributed by atoms with Crippen LogP contribution in [0, 0.1) is 11.3 Å². The zero-order valence-corrected chi connectivity index (χ0v) is 12.1. The number of thioether (sulfide) groups is 1. The summed E-state index contributed by atoms with van der Waals surface area (Å²) in [6.07, 6.45) is 3.28. The minimum Gasteiger partial charge on any atom is -0.462 e. The van der Waals surface area contributed by atoms with Crippen LogP contribution >= 0.6 is 11.8 Å². The highest BCUT2D eigenvalue weighted by Crippen LogP contribution is 2.34. The highest BCUT2D eigenvalue weighted by molar-refractivity contribution is 8.18. The molecule has 1 N–H and O–H groups in total. The summed E-state index contributed by atoms with van der Waals surface area (Å²) in [5.41, 5.74) is 1.19. The van der Waals surface area contributed by atoms with Gasteiger partial charge in [0.2, 0.25) is 0 Å². The van der Waals surface area contributed by atoms with E-state index < -0.39 is 5.97 Å². The maximum atomic E-state index is 12.0. The first-order chi connectivity index (χ1) is 10.2. The van der Waals surface area contributed by atoms with Gasteiger partial charge in [-0.15, -0.1) is 0 Å². The third-order valence-electron chi connectivity index (χ3n) is 2.74. The van der Waals surface area contributed by atoms with Gasteiger partial charge in [-0.2, -0.15) is 5.26 Å². The molecule has 106 valence electrons. The quantitative estimate of drug-likeness (QED) is 0.401. The number of nitriles is 1. The van der Waals surface area contributed by atoms with E-state index in [1.165, 1.54) is 11.8 Å². The van der Waals surface area contributed by atoms with Crippen LogP contribution in [0.25, 0.3) is 5.57 Å². The second kappa shape index (κ2) is 6.77. The van der Waals surface area contributed by atoms with E-state index in [-0.39, 0.29) is 6.61 Å². The Kier molecular flexibility index (Phi) is 4.80. The summed E-state index contributed by atoms with van der Waals surface area (Å²) < 4.78 is 5.01. The number of benzene rings is 1. The summed E-state index contributed by atoms with van der Waals surface area (Å²) in [4.78, 5) is 12.6. The SMILES string of the molecule is CCOC(=O)c1ccccc1C(C#N)=C1C=CC(=NO)S1. The maximum absolute atomic E-state index is 12.0. The molecule has 0 saturated heterocycles. The van der Waals surface area contributed by atoms with Gasteiger partial charge in [0.15, 0.2) is 0 Å². The van der Waals surface area contributed by atoms with E-state index >= 15 is 0 Å². The molecule has 0 aromatic heterocycles. The molecular weight excluding hydrogens is 288 g/mol. The van der Waals surface area contributed by atoms with Crippen LogP contribution in [0.4, 0.5) is 0 Å². The summed E-state index contributed by atoms with van der Waals surface area (Å²) in [5.74, 6) is -0.468. The number of rotatable bonds is 3. The molecule has 1 aliphatic heterocycles. The number of allylic oxidation sites excluding steroid dienone is 2. The molecular formula is C15H12N2O3S. The smallest absolute Gasteiger partial charge is 0.338 e. The number of hydrogen-bond acceptors (Lipinski definition) is 6. The molecule has 0 aliphatic carbocycles. The number of hydrogen-bond donors (Lipinski definition) is 1. The Balaban J connectivity index is 2.51. The van der Waals surface area contributed by atoms with Crippen LogP contribution in [-0.4, -0.2) is 22.8 Å². The minimum atomic E-state index is -0.468. The summed E-state index contributed by atoms with van der Waals surface area (Å²) in [7, 11) is 0. The molecule has 21 heavy (non-hydrogen) atoms. The predicted molar refractivity (Wildman–Crippen MR) is 80.9 cm³/mol. The Labute approximate surface area is 126 Å². The maximum Gasteiger partial charge on any atom is 0.338 e. The highest BCUT2D eigenvalue weighted by atomic mass is 32.2. The Hall–Kier alpha value is -2.52. The van der Waals surface area contributed by atoms with Crippen molar-refractivity contribution in [2.75, 3.05) is 6.61 Å². The Morgan fingerprint density at radius 1 is 1.38 bits per heavy atom. The molecule has 0 bridgehead atoms. The number of carbonyl (C=O) groups excluding carboxylic acids is 1. The van der Waals surface area contributed by atoms with Gasteiger partial charge < -0.3 is 9.94 Å². The number of carbonyl (C=O) groups is 1. The van der Waals surface area contributed by atoms with E-state index in [1.54, 1.807) is 43.3 Å². The van der Waals surface area contributed by atoms with Crippen molar-refractivity contribution in [2.45, 2.75) is 6.92 Å². The molecule has 0 atom stereocenters. The predicted octanol–water partition coefficient (Wildman–Crippen LogP) is 3.19. The van der Waals surface area contributed by atoms with Gasteiger partial charge in [0, 0.05) is 10.5 Å². The summed E-state index contributed by atoms with van der Waals surface area (Å²) in [6, 6.07) is 8.89. The van der Waals surface area contributed by atoms with Crippen LogP contribution < -0.4 is 0 Å². The van der Waals surface area contributed by atoms with Crippen molar-refractivity contribution < 1.29 is 14.7 Å². The molecule has 0 unspecified atom stereocenters. The van der Waals surface area contributed by atoms with Crippen molar-refractivity contribution in [2.24, 2.45) is 5.16 Å². The van der Waals surface area contributed by atoms with E-state index in [1.807, 2.05) is 0 Å². The van der Waals surface area contributed by atoms with Gasteiger partial charge in [0.25, 0.3) is 0 Å². The number of esters is 1. The van der Waals surface area contributed by atoms with E-state index in [2.05, 4.69) is 11.2 Å². The molecule has 1 aliphatic rings. The number of ether oxygens (including phenoxy) is 1. The zero-order chi connectivity index (χ0) is 15.2. The third-order valence-corrected chi connectivity index (χ3v) is 3.73. The van der Waals surface area contributed by atoms with E-state index in [0.717, 1.165) is 0 Å². The average molecular weight is 300 g/mol. The van der Waals surface area contributed by atoms with Crippen molar-refractivity contribution in [1.29, 1.82) is 5.26 Å². The molecule has 6 heteroatoms. The molecule has 1 aromatic rings. The largest absolute Gasteiger partial charge is 0.462 e. The molecule has 0 radical (unpaired) electrons. The molecule has 0 spiro atoms. The number of oxime groups is 1. The first kappa shape index (κ1) is 14.9. The molecule has 0 amide bonds. The van der Waals surface area contributed by atoms with Crippen LogP contribution in [0.1, 0.15) is 22.8 Å². The van der Waals surface area contributed by atoms with Gasteiger partial charge in [-0.1, -0.05) is 35.1 Å². The fourth-order valence-electron chi connectivity index (χ4n) is 1.85. The lowest BCUT2D eigenvalue weighted by atomic mass is 10.00. The summed E-state index contributed by atoms with van der Waals surface area (Å²) in [5, 5.41) is 21.7. The van der Waals surface area contributed by atoms with Gasteiger partial charge in [0.05, 0.1) is 17.7 Å². The van der Waals surface area contributed by atoms with Crippen LogP contribution in [0.3, 0.4) is 0 Å². The highest BCUT2D eigenvalue weighted by Gasteiger charge is 2.20. The fraction of sp³-hybridized carbons (Fsp3) is 0.133. The molecule has 0 saturated carbocycles. The first-order valence-electron chi connectivity index (χ1n) is 6.20. The van der Waals surface area contributed by atoms with Gasteiger partial charge in [-0.25, -0.2) is 4.79 Å². The Morgan fingerprint density at radius 2 is 2.10 bits per heavy atom. The Morgan fingerprint density at radius 3 is 2.67 bits per heavy atom. The molecule has 1 heterocycles. The zero-order valence-electron chi connectivity index (χ0n) is 11.2. The van der Waals surface area contributed by atoms with Gasteiger partial charge in [0.1, 0.15) is 11.1 Å². The van der Waals surface area contributed by atoms with Crippen LogP contribution in [0.15, 0.2) is 46.5 Å². The van der Waals surface area contributed by atoms with Crippen LogP contribution in [0.2, 0.25) is 0 Å². The molecule has 2 rings (SSSR count). The van der Waals surface area contributed by atoms with Crippen molar-refractivity contribution in [3.63, 3.8) is 0 Å². The molecule has 5 nitrogen and oxygen atoms in total. The topological polar surface area (TPSA) is 82.7 Å². The standard InChI is InChI=1S/C15H12N2O3S/c1-2-20-15(18)11-6-4-3-5-10(11)12(9-16)13-7-8-14(17-19)21-13/h3-8,19H,2H2,1H3. The normalized spacial score (nSPS) is 17.6. The van der Waals surface area contributed by atoms with Crippen LogP contribution in [0.5, 0.6) is 0 Å². The van der Waals surface area contributed by atoms with Gasteiger partial charge >= 0.3 is 5.97 Å². The molecule has 1 aromatic carbocycles. The van der Waals surface area contributed by atoms with Crippen molar-refractivity contribution in [3.05, 3.63) is 52.4 Å². The lowest BCUT2D eigenvalue weighted by Crippen LogP contribution is -2.07. The number of nitrogens with zero attached hydrogens (tertiary/aromatic N) is 2. The monoisotopic (exact) mass is 300 g/mol.